The lowest BCUT2D eigenvalue weighted by molar-refractivity contribution is -0.136. The lowest BCUT2D eigenvalue weighted by atomic mass is 9.73. The lowest BCUT2D eigenvalue weighted by Crippen LogP contribution is -2.58. The number of aromatic nitrogens is 2. The van der Waals surface area contributed by atoms with Crippen LogP contribution in [0, 0.1) is 11.8 Å². The van der Waals surface area contributed by atoms with E-state index in [4.69, 9.17) is 10.6 Å². The number of para-hydroxylation sites is 2. The number of carbonyl (C=O) groups is 2. The van der Waals surface area contributed by atoms with Gasteiger partial charge < -0.3 is 20.2 Å². The first kappa shape index (κ1) is 28.8. The Kier molecular flexibility index (Phi) is 8.60. The second-order valence-electron chi connectivity index (χ2n) is 13.0. The van der Waals surface area contributed by atoms with Crippen LogP contribution in [-0.2, 0) is 14.4 Å². The third-order valence-electron chi connectivity index (χ3n) is 10.2. The van der Waals surface area contributed by atoms with Gasteiger partial charge in [0.1, 0.15) is 5.71 Å². The smallest absolute Gasteiger partial charge is 0.303 e. The molecule has 42 heavy (non-hydrogen) atoms. The van der Waals surface area contributed by atoms with Gasteiger partial charge in [0.2, 0.25) is 0 Å². The fourth-order valence-electron chi connectivity index (χ4n) is 8.62. The fraction of sp³-hybridized carbons (Fsp3) is 0.656. The Hall–Kier alpha value is -3.27. The summed E-state index contributed by atoms with van der Waals surface area (Å²) >= 11 is 0. The van der Waals surface area contributed by atoms with E-state index in [-0.39, 0.29) is 35.8 Å². The number of hydrogen-bond acceptors (Lipinski definition) is 7. The van der Waals surface area contributed by atoms with Gasteiger partial charge in [-0.3, -0.25) is 19.3 Å². The highest BCUT2D eigenvalue weighted by Crippen LogP contribution is 2.47. The van der Waals surface area contributed by atoms with Crippen molar-refractivity contribution < 1.29 is 19.5 Å². The van der Waals surface area contributed by atoms with Crippen molar-refractivity contribution in [2.75, 3.05) is 6.61 Å². The van der Waals surface area contributed by atoms with Gasteiger partial charge in [-0.15, -0.1) is 0 Å². The molecule has 2 saturated carbocycles. The number of nitrogens with zero attached hydrogens (tertiary/aromatic N) is 4. The van der Waals surface area contributed by atoms with E-state index in [1.54, 1.807) is 0 Å². The van der Waals surface area contributed by atoms with Crippen molar-refractivity contribution in [3.05, 3.63) is 40.3 Å². The zero-order chi connectivity index (χ0) is 29.2. The highest BCUT2D eigenvalue weighted by Gasteiger charge is 2.45. The SMILES string of the molecule is NC(=O)CO/N=C(\CCC(=O)O)c1nc2ccccc2n(C2C[C@H]3CCC[C@@H](C2)N3C2C[C@H]3CCCC[C@@H](C2)C3)c1=O. The van der Waals surface area contributed by atoms with Gasteiger partial charge in [0.25, 0.3) is 11.5 Å². The second kappa shape index (κ2) is 12.5. The molecule has 226 valence electrons. The topological polar surface area (TPSA) is 140 Å². The maximum absolute atomic E-state index is 14.3. The minimum Gasteiger partial charge on any atom is -0.481 e. The minimum absolute atomic E-state index is 0.00818. The van der Waals surface area contributed by atoms with Crippen LogP contribution in [0.15, 0.2) is 34.2 Å². The van der Waals surface area contributed by atoms with Crippen LogP contribution >= 0.6 is 0 Å². The van der Waals surface area contributed by atoms with E-state index in [2.05, 4.69) is 15.0 Å². The van der Waals surface area contributed by atoms with Gasteiger partial charge in [-0.05, 0) is 68.9 Å². The first-order valence-corrected chi connectivity index (χ1v) is 15.9. The normalized spacial score (nSPS) is 30.0. The number of primary amides is 1. The van der Waals surface area contributed by atoms with Gasteiger partial charge in [0.15, 0.2) is 12.3 Å². The quantitative estimate of drug-likeness (QED) is 0.333. The number of carboxylic acids is 1. The summed E-state index contributed by atoms with van der Waals surface area (Å²) in [5, 5.41) is 13.3. The molecule has 10 heteroatoms. The number of amides is 1. The van der Waals surface area contributed by atoms with Gasteiger partial charge in [-0.25, -0.2) is 4.98 Å². The Balaban J connectivity index is 1.34. The molecule has 2 aliphatic heterocycles. The molecule has 2 saturated heterocycles. The van der Waals surface area contributed by atoms with E-state index in [9.17, 15) is 19.5 Å². The van der Waals surface area contributed by atoms with E-state index in [1.807, 2.05) is 28.8 Å². The summed E-state index contributed by atoms with van der Waals surface area (Å²) in [6, 6.07) is 9.19. The standard InChI is InChI=1S/C32H43N5O5/c33-29(38)19-42-35-27(12-13-30(39)40)31-32(41)37(28-11-4-3-10-26(28)34-31)25-17-22-8-5-9-23(18-25)36(22)24-15-20-6-1-2-7-21(14-20)16-24/h3-4,10-11,20-25H,1-2,5-9,12-19H2,(H2,33,38)(H,39,40)/b35-27+/t20-,21+,22-,23+,24?,25?. The van der Waals surface area contributed by atoms with Gasteiger partial charge in [-0.1, -0.05) is 49.4 Å². The number of benzene rings is 1. The molecular formula is C32H43N5O5. The predicted molar refractivity (Wildman–Crippen MR) is 159 cm³/mol. The number of aliphatic carboxylic acids is 1. The van der Waals surface area contributed by atoms with Gasteiger partial charge in [0.05, 0.1) is 17.5 Å². The predicted octanol–water partition coefficient (Wildman–Crippen LogP) is 4.38. The van der Waals surface area contributed by atoms with E-state index in [0.29, 0.717) is 23.6 Å². The van der Waals surface area contributed by atoms with Crippen LogP contribution in [0.5, 0.6) is 0 Å². The van der Waals surface area contributed by atoms with E-state index in [0.717, 1.165) is 43.0 Å². The molecule has 3 heterocycles. The molecule has 6 rings (SSSR count). The van der Waals surface area contributed by atoms with Gasteiger partial charge in [-0.2, -0.15) is 0 Å². The van der Waals surface area contributed by atoms with Crippen molar-refractivity contribution in [3.63, 3.8) is 0 Å². The molecule has 4 fully saturated rings. The van der Waals surface area contributed by atoms with Crippen molar-refractivity contribution in [1.29, 1.82) is 0 Å². The Labute approximate surface area is 246 Å². The maximum atomic E-state index is 14.3. The lowest BCUT2D eigenvalue weighted by Gasteiger charge is -2.54. The summed E-state index contributed by atoms with van der Waals surface area (Å²) in [5.41, 5.74) is 6.52. The minimum atomic E-state index is -1.03. The maximum Gasteiger partial charge on any atom is 0.303 e. The first-order valence-electron chi connectivity index (χ1n) is 15.9. The average molecular weight is 578 g/mol. The fourth-order valence-corrected chi connectivity index (χ4v) is 8.62. The van der Waals surface area contributed by atoms with Crippen LogP contribution < -0.4 is 11.3 Å². The van der Waals surface area contributed by atoms with E-state index in [1.165, 1.54) is 51.4 Å². The van der Waals surface area contributed by atoms with Crippen molar-refractivity contribution in [1.82, 2.24) is 14.5 Å². The molecule has 3 N–H and O–H groups in total. The second-order valence-corrected chi connectivity index (χ2v) is 13.0. The van der Waals surface area contributed by atoms with Crippen molar-refractivity contribution in [3.8, 4) is 0 Å². The number of carboxylic acid groups (broad SMARTS) is 1. The molecule has 6 atom stereocenters. The molecule has 0 spiro atoms. The molecule has 0 radical (unpaired) electrons. The van der Waals surface area contributed by atoms with Crippen LogP contribution in [0.3, 0.4) is 0 Å². The van der Waals surface area contributed by atoms with E-state index >= 15 is 0 Å². The molecule has 1 amide bonds. The number of rotatable bonds is 9. The molecule has 2 aliphatic carbocycles. The summed E-state index contributed by atoms with van der Waals surface area (Å²) in [6.45, 7) is -0.469. The monoisotopic (exact) mass is 577 g/mol. The first-order chi connectivity index (χ1) is 20.4. The summed E-state index contributed by atoms with van der Waals surface area (Å²) in [5.74, 6) is -0.00849. The third-order valence-corrected chi connectivity index (χ3v) is 10.2. The number of oxime groups is 1. The molecule has 4 bridgehead atoms. The van der Waals surface area contributed by atoms with Gasteiger partial charge >= 0.3 is 5.97 Å². The third kappa shape index (κ3) is 6.09. The highest BCUT2D eigenvalue weighted by molar-refractivity contribution is 6.00. The van der Waals surface area contributed by atoms with Crippen LogP contribution in [0.25, 0.3) is 11.0 Å². The summed E-state index contributed by atoms with van der Waals surface area (Å²) in [6.07, 6.45) is 14.7. The Morgan fingerprint density at radius 3 is 2.26 bits per heavy atom. The van der Waals surface area contributed by atoms with Crippen molar-refractivity contribution in [2.24, 2.45) is 22.7 Å². The molecule has 4 aliphatic rings. The van der Waals surface area contributed by atoms with Crippen molar-refractivity contribution >= 4 is 28.6 Å². The zero-order valence-corrected chi connectivity index (χ0v) is 24.3. The number of carbonyl (C=O) groups excluding carboxylic acids is 1. The molecule has 1 aromatic heterocycles. The number of fused-ring (bicyclic) bond motifs is 5. The summed E-state index contributed by atoms with van der Waals surface area (Å²) < 4.78 is 1.89. The van der Waals surface area contributed by atoms with Crippen LogP contribution in [0.1, 0.15) is 102 Å². The summed E-state index contributed by atoms with van der Waals surface area (Å²) in [4.78, 5) is 49.5. The number of hydrogen-bond donors (Lipinski definition) is 2. The van der Waals surface area contributed by atoms with Crippen LogP contribution in [0.4, 0.5) is 0 Å². The van der Waals surface area contributed by atoms with E-state index < -0.39 is 18.5 Å². The largest absolute Gasteiger partial charge is 0.481 e. The molecule has 10 nitrogen and oxygen atoms in total. The molecular weight excluding hydrogens is 534 g/mol. The molecule has 1 aromatic carbocycles. The average Bonchev–Trinajstić information content (AvgIpc) is 3.12. The number of nitrogens with two attached hydrogens (primary N) is 1. The van der Waals surface area contributed by atoms with Gasteiger partial charge in [0, 0.05) is 30.6 Å². The van der Waals surface area contributed by atoms with Crippen molar-refractivity contribution in [2.45, 2.75) is 114 Å². The number of piperidine rings is 2. The Morgan fingerprint density at radius 1 is 0.905 bits per heavy atom. The van der Waals surface area contributed by atoms with Crippen LogP contribution in [0.2, 0.25) is 0 Å². The Bertz CT molecular complexity index is 1380. The highest BCUT2D eigenvalue weighted by atomic mass is 16.6. The Morgan fingerprint density at radius 2 is 1.60 bits per heavy atom. The summed E-state index contributed by atoms with van der Waals surface area (Å²) in [7, 11) is 0. The zero-order valence-electron chi connectivity index (χ0n) is 24.3. The molecule has 2 aromatic rings. The molecule has 2 unspecified atom stereocenters. The van der Waals surface area contributed by atoms with Crippen LogP contribution in [-0.4, -0.2) is 61.9 Å².